The molecule has 0 spiro atoms. The number of rotatable bonds is 8. The highest BCUT2D eigenvalue weighted by atomic mass is 15.1. The minimum Gasteiger partial charge on any atom is -0.310 e. The molecule has 1 aromatic heterocycles. The molecule has 9 aromatic carbocycles. The zero-order valence-corrected chi connectivity index (χ0v) is 30.8. The molecule has 264 valence electrons. The highest BCUT2D eigenvalue weighted by Crippen LogP contribution is 2.46. The van der Waals surface area contributed by atoms with Gasteiger partial charge in [-0.3, -0.25) is 0 Å². The Balaban J connectivity index is 1.25. The number of anilines is 3. The van der Waals surface area contributed by atoms with Gasteiger partial charge < -0.3 is 9.47 Å². The number of aromatic nitrogens is 1. The van der Waals surface area contributed by atoms with Gasteiger partial charge >= 0.3 is 0 Å². The van der Waals surface area contributed by atoms with Crippen LogP contribution in [0.15, 0.2) is 231 Å². The summed E-state index contributed by atoms with van der Waals surface area (Å²) in [7, 11) is 0. The van der Waals surface area contributed by atoms with E-state index in [0.29, 0.717) is 0 Å². The van der Waals surface area contributed by atoms with Crippen molar-refractivity contribution >= 4 is 38.9 Å². The van der Waals surface area contributed by atoms with Gasteiger partial charge in [0.1, 0.15) is 0 Å². The highest BCUT2D eigenvalue weighted by Gasteiger charge is 2.22. The summed E-state index contributed by atoms with van der Waals surface area (Å²) in [5, 5.41) is 2.45. The van der Waals surface area contributed by atoms with E-state index in [2.05, 4.69) is 240 Å². The monoisotopic (exact) mass is 714 g/mol. The van der Waals surface area contributed by atoms with Gasteiger partial charge in [0.05, 0.1) is 22.4 Å². The molecule has 10 aromatic rings. The SMILES string of the molecule is c1ccc(-c2ccc(N(c3ccccc3)c3ccc4c5ccccc5n(-c5ccccc5-c5ccccc5)c4c3)c(-c3ccccc3-c3ccccc3)c2)cc1. The summed E-state index contributed by atoms with van der Waals surface area (Å²) in [6.07, 6.45) is 0. The van der Waals surface area contributed by atoms with Crippen LogP contribution in [0.1, 0.15) is 0 Å². The summed E-state index contributed by atoms with van der Waals surface area (Å²) in [4.78, 5) is 2.43. The molecule has 0 saturated carbocycles. The molecule has 0 aliphatic carbocycles. The van der Waals surface area contributed by atoms with Gasteiger partial charge in [-0.25, -0.2) is 0 Å². The van der Waals surface area contributed by atoms with Crippen molar-refractivity contribution in [3.05, 3.63) is 231 Å². The van der Waals surface area contributed by atoms with Crippen molar-refractivity contribution in [3.63, 3.8) is 0 Å². The molecule has 0 N–H and O–H groups in total. The molecule has 10 rings (SSSR count). The maximum Gasteiger partial charge on any atom is 0.0562 e. The molecule has 0 fully saturated rings. The van der Waals surface area contributed by atoms with Crippen LogP contribution in [0.25, 0.3) is 72.0 Å². The largest absolute Gasteiger partial charge is 0.310 e. The number of hydrogen-bond donors (Lipinski definition) is 0. The number of nitrogens with zero attached hydrogens (tertiary/aromatic N) is 2. The first-order valence-corrected chi connectivity index (χ1v) is 19.2. The number of benzene rings is 9. The molecule has 0 unspecified atom stereocenters. The van der Waals surface area contributed by atoms with Crippen molar-refractivity contribution < 1.29 is 0 Å². The maximum atomic E-state index is 2.45. The van der Waals surface area contributed by atoms with E-state index in [9.17, 15) is 0 Å². The number of fused-ring (bicyclic) bond motifs is 3. The second kappa shape index (κ2) is 14.4. The average molecular weight is 715 g/mol. The van der Waals surface area contributed by atoms with E-state index >= 15 is 0 Å². The van der Waals surface area contributed by atoms with Crippen molar-refractivity contribution in [1.29, 1.82) is 0 Å². The maximum absolute atomic E-state index is 2.45. The minimum absolute atomic E-state index is 1.08. The third kappa shape index (κ3) is 5.95. The van der Waals surface area contributed by atoms with Crippen LogP contribution in [-0.4, -0.2) is 4.57 Å². The van der Waals surface area contributed by atoms with Crippen LogP contribution in [0.4, 0.5) is 17.1 Å². The minimum atomic E-state index is 1.08. The second-order valence-corrected chi connectivity index (χ2v) is 14.1. The summed E-state index contributed by atoms with van der Waals surface area (Å²) in [5.41, 5.74) is 16.2. The van der Waals surface area contributed by atoms with E-state index < -0.39 is 0 Å². The Morgan fingerprint density at radius 1 is 0.286 bits per heavy atom. The molecule has 0 aliphatic rings. The molecular weight excluding hydrogens is 677 g/mol. The fourth-order valence-electron chi connectivity index (χ4n) is 8.24. The van der Waals surface area contributed by atoms with Gasteiger partial charge in [-0.15, -0.1) is 0 Å². The molecule has 0 atom stereocenters. The molecule has 0 aliphatic heterocycles. The lowest BCUT2D eigenvalue weighted by atomic mass is 9.91. The highest BCUT2D eigenvalue weighted by molar-refractivity contribution is 6.11. The second-order valence-electron chi connectivity index (χ2n) is 14.1. The average Bonchev–Trinajstić information content (AvgIpc) is 3.61. The molecule has 0 amide bonds. The first-order valence-electron chi connectivity index (χ1n) is 19.2. The zero-order chi connectivity index (χ0) is 37.3. The Labute approximate surface area is 327 Å². The fraction of sp³-hybridized carbons (Fsp3) is 0. The predicted octanol–water partition coefficient (Wildman–Crippen LogP) is 14.9. The Kier molecular flexibility index (Phi) is 8.55. The summed E-state index contributed by atoms with van der Waals surface area (Å²) in [5.74, 6) is 0. The third-order valence-electron chi connectivity index (χ3n) is 10.8. The van der Waals surface area contributed by atoms with Crippen molar-refractivity contribution in [2.75, 3.05) is 4.90 Å². The van der Waals surface area contributed by atoms with Crippen LogP contribution < -0.4 is 4.90 Å². The number of para-hydroxylation sites is 3. The van der Waals surface area contributed by atoms with Crippen molar-refractivity contribution in [2.45, 2.75) is 0 Å². The lowest BCUT2D eigenvalue weighted by Crippen LogP contribution is -2.11. The smallest absolute Gasteiger partial charge is 0.0562 e. The quantitative estimate of drug-likeness (QED) is 0.152. The summed E-state index contributed by atoms with van der Waals surface area (Å²) in [6.45, 7) is 0. The van der Waals surface area contributed by atoms with Crippen LogP contribution in [-0.2, 0) is 0 Å². The van der Waals surface area contributed by atoms with E-state index in [1.54, 1.807) is 0 Å². The van der Waals surface area contributed by atoms with Gasteiger partial charge in [0.25, 0.3) is 0 Å². The van der Waals surface area contributed by atoms with E-state index in [-0.39, 0.29) is 0 Å². The van der Waals surface area contributed by atoms with Crippen molar-refractivity contribution in [2.24, 2.45) is 0 Å². The normalized spacial score (nSPS) is 11.2. The van der Waals surface area contributed by atoms with Gasteiger partial charge in [0.2, 0.25) is 0 Å². The molecule has 0 bridgehead atoms. The third-order valence-corrected chi connectivity index (χ3v) is 10.8. The summed E-state index contributed by atoms with van der Waals surface area (Å²) >= 11 is 0. The van der Waals surface area contributed by atoms with Gasteiger partial charge in [0.15, 0.2) is 0 Å². The Morgan fingerprint density at radius 2 is 0.821 bits per heavy atom. The molecule has 0 radical (unpaired) electrons. The molecule has 2 heteroatoms. The van der Waals surface area contributed by atoms with E-state index in [1.807, 2.05) is 0 Å². The van der Waals surface area contributed by atoms with E-state index in [0.717, 1.165) is 33.8 Å². The Hall–Kier alpha value is -7.42. The Bertz CT molecular complexity index is 2950. The lowest BCUT2D eigenvalue weighted by Gasteiger charge is -2.29. The molecule has 56 heavy (non-hydrogen) atoms. The molecule has 0 saturated heterocycles. The lowest BCUT2D eigenvalue weighted by molar-refractivity contribution is 1.18. The summed E-state index contributed by atoms with van der Waals surface area (Å²) in [6, 6.07) is 83.1. The standard InChI is InChI=1S/C54H38N2/c1-5-19-39(20-6-1)42-33-36-53(50(37-42)47-29-14-13-27-45(47)40-21-7-2-8-22-40)55(43-25-11-4-12-26-43)44-34-35-49-48-30-16-18-32-52(48)56(54(49)38-44)51-31-17-15-28-46(51)41-23-9-3-10-24-41/h1-38H. The van der Waals surface area contributed by atoms with Gasteiger partial charge in [-0.05, 0) is 81.9 Å². The van der Waals surface area contributed by atoms with Gasteiger partial charge in [-0.2, -0.15) is 0 Å². The zero-order valence-electron chi connectivity index (χ0n) is 30.8. The Morgan fingerprint density at radius 3 is 1.54 bits per heavy atom. The molecule has 1 heterocycles. The predicted molar refractivity (Wildman–Crippen MR) is 237 cm³/mol. The molecular formula is C54H38N2. The van der Waals surface area contributed by atoms with Crippen LogP contribution in [0.3, 0.4) is 0 Å². The van der Waals surface area contributed by atoms with Crippen LogP contribution in [0.5, 0.6) is 0 Å². The van der Waals surface area contributed by atoms with Gasteiger partial charge in [0, 0.05) is 33.3 Å². The summed E-state index contributed by atoms with van der Waals surface area (Å²) < 4.78 is 2.45. The van der Waals surface area contributed by atoms with E-state index in [4.69, 9.17) is 0 Å². The van der Waals surface area contributed by atoms with Crippen LogP contribution in [0, 0.1) is 0 Å². The molecule has 2 nitrogen and oxygen atoms in total. The van der Waals surface area contributed by atoms with Crippen LogP contribution >= 0.6 is 0 Å². The van der Waals surface area contributed by atoms with Crippen molar-refractivity contribution in [1.82, 2.24) is 4.57 Å². The van der Waals surface area contributed by atoms with Crippen LogP contribution in [0.2, 0.25) is 0 Å². The fourth-order valence-corrected chi connectivity index (χ4v) is 8.24. The number of hydrogen-bond acceptors (Lipinski definition) is 1. The van der Waals surface area contributed by atoms with Gasteiger partial charge in [-0.1, -0.05) is 182 Å². The van der Waals surface area contributed by atoms with Crippen molar-refractivity contribution in [3.8, 4) is 50.2 Å². The first-order chi connectivity index (χ1) is 27.8. The topological polar surface area (TPSA) is 8.17 Å². The van der Waals surface area contributed by atoms with E-state index in [1.165, 1.54) is 55.2 Å². The first kappa shape index (κ1) is 33.2.